The first-order valence-corrected chi connectivity index (χ1v) is 8.01. The molecule has 136 valence electrons. The Kier molecular flexibility index (Phi) is 7.91. The number of carbonyl (C=O) groups excluding carboxylic acids is 1. The number of carbonyl (C=O) groups is 1. The zero-order valence-electron chi connectivity index (χ0n) is 14.6. The molecule has 0 fully saturated rings. The van der Waals surface area contributed by atoms with Crippen molar-refractivity contribution >= 4 is 5.91 Å². The average molecular weight is 344 g/mol. The average Bonchev–Trinajstić information content (AvgIpc) is 2.54. The van der Waals surface area contributed by atoms with Crippen molar-refractivity contribution < 1.29 is 23.0 Å². The second kappa shape index (κ2) is 9.42. The summed E-state index contributed by atoms with van der Waals surface area (Å²) >= 11 is 0. The number of hydrogen-bond donors (Lipinski definition) is 1. The van der Waals surface area contributed by atoms with Gasteiger partial charge in [0.05, 0.1) is 12.6 Å². The highest BCUT2D eigenvalue weighted by Gasteiger charge is 2.23. The maximum absolute atomic E-state index is 12.4. The van der Waals surface area contributed by atoms with Crippen molar-refractivity contribution in [1.29, 1.82) is 0 Å². The van der Waals surface area contributed by atoms with E-state index in [0.29, 0.717) is 13.2 Å². The molecule has 0 saturated heterocycles. The quantitative estimate of drug-likeness (QED) is 0.748. The van der Waals surface area contributed by atoms with Crippen LogP contribution in [0.25, 0.3) is 0 Å². The molecule has 2 unspecified atom stereocenters. The number of nitrogens with zero attached hydrogens (tertiary/aromatic N) is 1. The lowest BCUT2D eigenvalue weighted by Crippen LogP contribution is -2.45. The van der Waals surface area contributed by atoms with Gasteiger partial charge in [-0.15, -0.1) is 0 Å². The number of halogens is 2. The van der Waals surface area contributed by atoms with E-state index in [2.05, 4.69) is 4.74 Å². The number of hydrogen-bond acceptors (Lipinski definition) is 4. The van der Waals surface area contributed by atoms with Crippen LogP contribution in [0.15, 0.2) is 18.2 Å². The maximum atomic E-state index is 12.4. The van der Waals surface area contributed by atoms with Crippen molar-refractivity contribution in [3.63, 3.8) is 0 Å². The number of amides is 1. The first-order chi connectivity index (χ1) is 11.3. The van der Waals surface area contributed by atoms with Crippen molar-refractivity contribution in [2.75, 3.05) is 13.7 Å². The molecule has 1 aromatic carbocycles. The molecule has 24 heavy (non-hydrogen) atoms. The molecule has 0 aromatic heterocycles. The largest absolute Gasteiger partial charge is 0.490 e. The number of benzene rings is 1. The molecule has 0 saturated carbocycles. The number of nitrogens with two attached hydrogens (primary N) is 1. The summed E-state index contributed by atoms with van der Waals surface area (Å²) in [5.74, 6) is 0.124. The fraction of sp³-hybridized carbons (Fsp3) is 0.588. The Balaban J connectivity index is 2.86. The molecule has 0 aliphatic rings. The van der Waals surface area contributed by atoms with Gasteiger partial charge in [-0.25, -0.2) is 0 Å². The molecule has 2 N–H and O–H groups in total. The Labute approximate surface area is 141 Å². The highest BCUT2D eigenvalue weighted by atomic mass is 19.3. The van der Waals surface area contributed by atoms with Crippen LogP contribution in [-0.4, -0.2) is 37.1 Å². The molecular weight excluding hydrogens is 318 g/mol. The summed E-state index contributed by atoms with van der Waals surface area (Å²) in [7, 11) is 1.66. The van der Waals surface area contributed by atoms with Crippen LogP contribution in [0.3, 0.4) is 0 Å². The summed E-state index contributed by atoms with van der Waals surface area (Å²) in [5.41, 5.74) is 6.71. The normalized spacial score (nSPS) is 13.5. The molecule has 1 amide bonds. The van der Waals surface area contributed by atoms with Gasteiger partial charge in [-0.3, -0.25) is 4.79 Å². The lowest BCUT2D eigenvalue weighted by Gasteiger charge is -2.25. The highest BCUT2D eigenvalue weighted by Crippen LogP contribution is 2.30. The fourth-order valence-corrected chi connectivity index (χ4v) is 2.22. The summed E-state index contributed by atoms with van der Waals surface area (Å²) < 4.78 is 34.6. The monoisotopic (exact) mass is 344 g/mol. The van der Waals surface area contributed by atoms with Gasteiger partial charge in [0.1, 0.15) is 0 Å². The van der Waals surface area contributed by atoms with Gasteiger partial charge < -0.3 is 20.1 Å². The summed E-state index contributed by atoms with van der Waals surface area (Å²) in [5, 5.41) is 0. The van der Waals surface area contributed by atoms with E-state index in [4.69, 9.17) is 10.5 Å². The van der Waals surface area contributed by atoms with Crippen LogP contribution in [0, 0.1) is 5.92 Å². The first-order valence-electron chi connectivity index (χ1n) is 8.01. The van der Waals surface area contributed by atoms with Crippen molar-refractivity contribution in [1.82, 2.24) is 4.90 Å². The Morgan fingerprint density at radius 2 is 1.96 bits per heavy atom. The van der Waals surface area contributed by atoms with Gasteiger partial charge in [0.25, 0.3) is 0 Å². The number of ether oxygens (including phenoxy) is 2. The Hall–Kier alpha value is -1.89. The van der Waals surface area contributed by atoms with E-state index in [-0.39, 0.29) is 23.3 Å². The van der Waals surface area contributed by atoms with E-state index < -0.39 is 12.7 Å². The van der Waals surface area contributed by atoms with E-state index in [1.807, 2.05) is 13.8 Å². The van der Waals surface area contributed by atoms with Crippen LogP contribution in [0.1, 0.15) is 32.8 Å². The zero-order chi connectivity index (χ0) is 18.3. The van der Waals surface area contributed by atoms with Gasteiger partial charge in [-0.2, -0.15) is 8.78 Å². The first kappa shape index (κ1) is 20.2. The van der Waals surface area contributed by atoms with Gasteiger partial charge in [0, 0.05) is 13.6 Å². The molecule has 0 aliphatic heterocycles. The van der Waals surface area contributed by atoms with Gasteiger partial charge in [0.2, 0.25) is 5.91 Å². The Bertz CT molecular complexity index is 541. The molecule has 0 spiro atoms. The second-order valence-electron chi connectivity index (χ2n) is 5.70. The lowest BCUT2D eigenvalue weighted by atomic mass is 9.99. The molecule has 1 rings (SSSR count). The molecular formula is C17H26F2N2O3. The third-order valence-corrected chi connectivity index (χ3v) is 3.86. The van der Waals surface area contributed by atoms with Gasteiger partial charge in [0.15, 0.2) is 11.5 Å². The molecule has 0 radical (unpaired) electrons. The highest BCUT2D eigenvalue weighted by molar-refractivity contribution is 5.81. The summed E-state index contributed by atoms with van der Waals surface area (Å²) in [6, 6.07) is 4.07. The summed E-state index contributed by atoms with van der Waals surface area (Å²) in [4.78, 5) is 13.8. The van der Waals surface area contributed by atoms with Crippen molar-refractivity contribution in [3.05, 3.63) is 23.8 Å². The van der Waals surface area contributed by atoms with Crippen LogP contribution in [0.5, 0.6) is 11.5 Å². The molecule has 5 nitrogen and oxygen atoms in total. The smallest absolute Gasteiger partial charge is 0.387 e. The van der Waals surface area contributed by atoms with Crippen molar-refractivity contribution in [2.24, 2.45) is 11.7 Å². The summed E-state index contributed by atoms with van der Waals surface area (Å²) in [6.07, 6.45) is 0.814. The molecule has 0 heterocycles. The molecule has 1 aromatic rings. The predicted molar refractivity (Wildman–Crippen MR) is 88.1 cm³/mol. The van der Waals surface area contributed by atoms with E-state index in [1.165, 1.54) is 11.0 Å². The van der Waals surface area contributed by atoms with E-state index in [9.17, 15) is 13.6 Å². The minimum atomic E-state index is -2.92. The van der Waals surface area contributed by atoms with Crippen LogP contribution < -0.4 is 15.2 Å². The van der Waals surface area contributed by atoms with Crippen LogP contribution in [-0.2, 0) is 11.3 Å². The standard InChI is InChI=1S/C17H26F2N2O3/c1-5-11(3)15(20)16(22)21(4)10-12-7-8-13(24-17(18)19)14(9-12)23-6-2/h7-9,11,15,17H,5-6,10,20H2,1-4H3. The zero-order valence-corrected chi connectivity index (χ0v) is 14.6. The SMILES string of the molecule is CCOc1cc(CN(C)C(=O)C(N)C(C)CC)ccc1OC(F)F. The van der Waals surface area contributed by atoms with E-state index in [0.717, 1.165) is 12.0 Å². The third-order valence-electron chi connectivity index (χ3n) is 3.86. The molecule has 0 bridgehead atoms. The third kappa shape index (κ3) is 5.63. The van der Waals surface area contributed by atoms with Gasteiger partial charge >= 0.3 is 6.61 Å². The topological polar surface area (TPSA) is 64.8 Å². The van der Waals surface area contributed by atoms with E-state index >= 15 is 0 Å². The number of alkyl halides is 2. The second-order valence-corrected chi connectivity index (χ2v) is 5.70. The van der Waals surface area contributed by atoms with Crippen LogP contribution in [0.2, 0.25) is 0 Å². The van der Waals surface area contributed by atoms with Crippen LogP contribution in [0.4, 0.5) is 8.78 Å². The summed E-state index contributed by atoms with van der Waals surface area (Å²) in [6.45, 7) is 3.36. The maximum Gasteiger partial charge on any atom is 0.387 e. The van der Waals surface area contributed by atoms with Crippen molar-refractivity contribution in [2.45, 2.75) is 46.4 Å². The minimum absolute atomic E-state index is 0.0270. The predicted octanol–water partition coefficient (Wildman–Crippen LogP) is 3.02. The molecule has 7 heteroatoms. The molecule has 2 atom stereocenters. The molecule has 0 aliphatic carbocycles. The Morgan fingerprint density at radius 1 is 1.29 bits per heavy atom. The van der Waals surface area contributed by atoms with Gasteiger partial charge in [-0.1, -0.05) is 26.3 Å². The number of rotatable bonds is 9. The van der Waals surface area contributed by atoms with E-state index in [1.54, 1.807) is 26.1 Å². The minimum Gasteiger partial charge on any atom is -0.490 e. The van der Waals surface area contributed by atoms with Gasteiger partial charge in [-0.05, 0) is 30.5 Å². The van der Waals surface area contributed by atoms with Crippen molar-refractivity contribution in [3.8, 4) is 11.5 Å². The lowest BCUT2D eigenvalue weighted by molar-refractivity contribution is -0.132. The number of likely N-dealkylation sites (N-methyl/N-ethyl adjacent to an activating group) is 1. The fourth-order valence-electron chi connectivity index (χ4n) is 2.22. The van der Waals surface area contributed by atoms with Crippen LogP contribution >= 0.6 is 0 Å². The Morgan fingerprint density at radius 3 is 2.50 bits per heavy atom.